The Hall–Kier alpha value is -3.13. The SMILES string of the molecule is Cc1cc(NS(=O)(=O)c2cccc(F)c2)ccc1-n1cccc1C(=O)O. The maximum atomic E-state index is 13.3. The summed E-state index contributed by atoms with van der Waals surface area (Å²) in [7, 11) is -3.93. The molecule has 134 valence electrons. The van der Waals surface area contributed by atoms with Crippen LogP contribution in [0.4, 0.5) is 10.1 Å². The summed E-state index contributed by atoms with van der Waals surface area (Å²) in [5, 5.41) is 9.22. The number of sulfonamides is 1. The molecule has 0 spiro atoms. The molecule has 2 aromatic carbocycles. The van der Waals surface area contributed by atoms with Crippen LogP contribution in [0.25, 0.3) is 5.69 Å². The fourth-order valence-corrected chi connectivity index (χ4v) is 3.68. The van der Waals surface area contributed by atoms with E-state index < -0.39 is 21.8 Å². The largest absolute Gasteiger partial charge is 0.477 e. The average Bonchev–Trinajstić information content (AvgIpc) is 3.04. The van der Waals surface area contributed by atoms with Crippen LogP contribution in [0.5, 0.6) is 0 Å². The number of aryl methyl sites for hydroxylation is 1. The number of carbonyl (C=O) groups is 1. The number of halogens is 1. The summed E-state index contributed by atoms with van der Waals surface area (Å²) >= 11 is 0. The molecule has 2 N–H and O–H groups in total. The second kappa shape index (κ2) is 6.64. The number of nitrogens with zero attached hydrogens (tertiary/aromatic N) is 1. The van der Waals surface area contributed by atoms with Gasteiger partial charge < -0.3 is 9.67 Å². The minimum absolute atomic E-state index is 0.0983. The van der Waals surface area contributed by atoms with Crippen LogP contribution in [0, 0.1) is 12.7 Å². The zero-order valence-electron chi connectivity index (χ0n) is 13.7. The molecule has 26 heavy (non-hydrogen) atoms. The van der Waals surface area contributed by atoms with E-state index in [1.54, 1.807) is 31.3 Å². The van der Waals surface area contributed by atoms with E-state index in [0.717, 1.165) is 12.1 Å². The topological polar surface area (TPSA) is 88.4 Å². The summed E-state index contributed by atoms with van der Waals surface area (Å²) in [6, 6.07) is 12.5. The fraction of sp³-hybridized carbons (Fsp3) is 0.0556. The minimum atomic E-state index is -3.93. The summed E-state index contributed by atoms with van der Waals surface area (Å²) < 4.78 is 41.9. The molecule has 0 amide bonds. The van der Waals surface area contributed by atoms with E-state index in [2.05, 4.69) is 4.72 Å². The van der Waals surface area contributed by atoms with Crippen molar-refractivity contribution >= 4 is 21.7 Å². The standard InChI is InChI=1S/C18H15FN2O4S/c1-12-10-14(20-26(24,25)15-5-2-4-13(19)11-15)7-8-16(12)21-9-3-6-17(21)18(22)23/h2-11,20H,1H3,(H,22,23). The van der Waals surface area contributed by atoms with Crippen LogP contribution in [0.3, 0.4) is 0 Å². The molecule has 0 bridgehead atoms. The van der Waals surface area contributed by atoms with Crippen molar-refractivity contribution in [2.45, 2.75) is 11.8 Å². The summed E-state index contributed by atoms with van der Waals surface area (Å²) in [5.41, 5.74) is 1.67. The zero-order valence-corrected chi connectivity index (χ0v) is 14.5. The maximum Gasteiger partial charge on any atom is 0.352 e. The van der Waals surface area contributed by atoms with Crippen LogP contribution in [-0.4, -0.2) is 24.1 Å². The molecular formula is C18H15FN2O4S. The molecule has 1 heterocycles. The number of hydrogen-bond donors (Lipinski definition) is 2. The molecule has 0 saturated heterocycles. The van der Waals surface area contributed by atoms with Crippen LogP contribution in [0.2, 0.25) is 0 Å². The quantitative estimate of drug-likeness (QED) is 0.716. The lowest BCUT2D eigenvalue weighted by atomic mass is 10.1. The first-order valence-electron chi connectivity index (χ1n) is 7.58. The molecule has 0 aliphatic rings. The van der Waals surface area contributed by atoms with Crippen LogP contribution in [0.1, 0.15) is 16.1 Å². The van der Waals surface area contributed by atoms with Crippen molar-refractivity contribution in [1.29, 1.82) is 0 Å². The molecule has 0 unspecified atom stereocenters. The molecule has 0 radical (unpaired) electrons. The van der Waals surface area contributed by atoms with E-state index in [4.69, 9.17) is 0 Å². The number of carboxylic acid groups (broad SMARTS) is 1. The second-order valence-corrected chi connectivity index (χ2v) is 7.32. The average molecular weight is 374 g/mol. The fourth-order valence-electron chi connectivity index (χ4n) is 2.60. The second-order valence-electron chi connectivity index (χ2n) is 5.63. The van der Waals surface area contributed by atoms with E-state index in [-0.39, 0.29) is 10.6 Å². The summed E-state index contributed by atoms with van der Waals surface area (Å²) in [6.07, 6.45) is 1.61. The first-order chi connectivity index (χ1) is 12.3. The predicted octanol–water partition coefficient (Wildman–Crippen LogP) is 3.42. The van der Waals surface area contributed by atoms with Gasteiger partial charge in [-0.25, -0.2) is 17.6 Å². The zero-order chi connectivity index (χ0) is 18.9. The Balaban J connectivity index is 1.93. The third kappa shape index (κ3) is 3.45. The van der Waals surface area contributed by atoms with Crippen LogP contribution in [0.15, 0.2) is 65.7 Å². The normalized spacial score (nSPS) is 11.3. The van der Waals surface area contributed by atoms with Gasteiger partial charge in [0.2, 0.25) is 0 Å². The Bertz CT molecular complexity index is 1090. The number of aromatic carboxylic acids is 1. The number of rotatable bonds is 5. The van der Waals surface area contributed by atoms with Crippen molar-refractivity contribution < 1.29 is 22.7 Å². The molecule has 0 atom stereocenters. The highest BCUT2D eigenvalue weighted by Gasteiger charge is 2.16. The van der Waals surface area contributed by atoms with Crippen LogP contribution >= 0.6 is 0 Å². The monoisotopic (exact) mass is 374 g/mol. The Morgan fingerprint density at radius 1 is 1.12 bits per heavy atom. The molecule has 0 fully saturated rings. The number of hydrogen-bond acceptors (Lipinski definition) is 3. The lowest BCUT2D eigenvalue weighted by Crippen LogP contribution is -2.13. The van der Waals surface area contributed by atoms with Gasteiger partial charge >= 0.3 is 5.97 Å². The first kappa shape index (κ1) is 17.7. The van der Waals surface area contributed by atoms with Crippen molar-refractivity contribution in [3.8, 4) is 5.69 Å². The third-order valence-corrected chi connectivity index (χ3v) is 5.16. The lowest BCUT2D eigenvalue weighted by molar-refractivity contribution is 0.0688. The highest BCUT2D eigenvalue weighted by molar-refractivity contribution is 7.92. The minimum Gasteiger partial charge on any atom is -0.477 e. The molecular weight excluding hydrogens is 359 g/mol. The van der Waals surface area contributed by atoms with E-state index >= 15 is 0 Å². The molecule has 3 aromatic rings. The van der Waals surface area contributed by atoms with Gasteiger partial charge in [-0.3, -0.25) is 4.72 Å². The molecule has 8 heteroatoms. The molecule has 0 aliphatic carbocycles. The first-order valence-corrected chi connectivity index (χ1v) is 9.06. The number of benzene rings is 2. The van der Waals surface area contributed by atoms with Crippen molar-refractivity contribution in [2.24, 2.45) is 0 Å². The van der Waals surface area contributed by atoms with Gasteiger partial charge in [0, 0.05) is 17.6 Å². The molecule has 1 aromatic heterocycles. The lowest BCUT2D eigenvalue weighted by Gasteiger charge is -2.13. The van der Waals surface area contributed by atoms with Crippen LogP contribution in [-0.2, 0) is 10.0 Å². The Morgan fingerprint density at radius 2 is 1.88 bits per heavy atom. The smallest absolute Gasteiger partial charge is 0.352 e. The molecule has 0 saturated carbocycles. The predicted molar refractivity (Wildman–Crippen MR) is 94.7 cm³/mol. The van der Waals surface area contributed by atoms with Crippen molar-refractivity contribution in [2.75, 3.05) is 4.72 Å². The van der Waals surface area contributed by atoms with Gasteiger partial charge in [0.05, 0.1) is 4.90 Å². The van der Waals surface area contributed by atoms with E-state index in [1.165, 1.54) is 28.8 Å². The maximum absolute atomic E-state index is 13.3. The highest BCUT2D eigenvalue weighted by atomic mass is 32.2. The number of carboxylic acids is 1. The number of aromatic nitrogens is 1. The summed E-state index contributed by atoms with van der Waals surface area (Å²) in [4.78, 5) is 11.1. The molecule has 3 rings (SSSR count). The Kier molecular flexibility index (Phi) is 4.52. The van der Waals surface area contributed by atoms with E-state index in [1.807, 2.05) is 0 Å². The van der Waals surface area contributed by atoms with Gasteiger partial charge in [0.25, 0.3) is 10.0 Å². The summed E-state index contributed by atoms with van der Waals surface area (Å²) in [6.45, 7) is 1.74. The number of nitrogens with one attached hydrogen (secondary N) is 1. The third-order valence-electron chi connectivity index (χ3n) is 3.78. The van der Waals surface area contributed by atoms with Gasteiger partial charge in [0.15, 0.2) is 0 Å². The van der Waals surface area contributed by atoms with Gasteiger partial charge in [0.1, 0.15) is 11.5 Å². The van der Waals surface area contributed by atoms with Crippen molar-refractivity contribution in [3.05, 3.63) is 77.9 Å². The molecule has 6 nitrogen and oxygen atoms in total. The molecule has 0 aliphatic heterocycles. The van der Waals surface area contributed by atoms with Gasteiger partial charge in [-0.1, -0.05) is 6.07 Å². The van der Waals surface area contributed by atoms with E-state index in [0.29, 0.717) is 16.9 Å². The van der Waals surface area contributed by atoms with Crippen molar-refractivity contribution in [1.82, 2.24) is 4.57 Å². The van der Waals surface area contributed by atoms with Gasteiger partial charge in [-0.15, -0.1) is 0 Å². The Labute approximate surface area is 149 Å². The Morgan fingerprint density at radius 3 is 2.54 bits per heavy atom. The summed E-state index contributed by atoms with van der Waals surface area (Å²) in [5.74, 6) is -1.71. The van der Waals surface area contributed by atoms with Crippen molar-refractivity contribution in [3.63, 3.8) is 0 Å². The van der Waals surface area contributed by atoms with Crippen LogP contribution < -0.4 is 4.72 Å². The number of anilines is 1. The van der Waals surface area contributed by atoms with Gasteiger partial charge in [-0.05, 0) is 61.0 Å². The highest BCUT2D eigenvalue weighted by Crippen LogP contribution is 2.23. The van der Waals surface area contributed by atoms with E-state index in [9.17, 15) is 22.7 Å². The van der Waals surface area contributed by atoms with Gasteiger partial charge in [-0.2, -0.15) is 0 Å².